The lowest BCUT2D eigenvalue weighted by Gasteiger charge is -1.99. The van der Waals surface area contributed by atoms with Gasteiger partial charge in [0, 0.05) is 5.88 Å². The molecule has 0 radical (unpaired) electrons. The van der Waals surface area contributed by atoms with Gasteiger partial charge in [-0.1, -0.05) is 0 Å². The number of carbonyl (C=O) groups excluding carboxylic acids is 1. The summed E-state index contributed by atoms with van der Waals surface area (Å²) in [4.78, 5) is 12.0. The average Bonchev–Trinajstić information content (AvgIpc) is 2.49. The minimum Gasteiger partial charge on any atom is -0.292 e. The summed E-state index contributed by atoms with van der Waals surface area (Å²) in [7, 11) is 0. The van der Waals surface area contributed by atoms with Crippen LogP contribution < -0.4 is 0 Å². The Bertz CT molecular complexity index is 287. The van der Waals surface area contributed by atoms with Crippen LogP contribution >= 0.6 is 50.5 Å². The second-order valence-electron chi connectivity index (χ2n) is 2.09. The van der Waals surface area contributed by atoms with Gasteiger partial charge in [0.15, 0.2) is 5.78 Å². The molecule has 0 bridgehead atoms. The summed E-state index contributed by atoms with van der Waals surface area (Å²) in [6.45, 7) is 0. The van der Waals surface area contributed by atoms with E-state index >= 15 is 0 Å². The molecule has 0 aliphatic rings. The van der Waals surface area contributed by atoms with Crippen LogP contribution in [0.4, 0.5) is 0 Å². The minimum absolute atomic E-state index is 0.109. The van der Waals surface area contributed by atoms with Crippen LogP contribution in [-0.2, 0) is 0 Å². The molecule has 0 aromatic carbocycles. The number of ketones is 1. The molecule has 1 nitrogen and oxygen atoms in total. The third kappa shape index (κ3) is 2.46. The van der Waals surface area contributed by atoms with Crippen molar-refractivity contribution in [1.82, 2.24) is 0 Å². The summed E-state index contributed by atoms with van der Waals surface area (Å²) < 4.78 is 0.921. The van der Waals surface area contributed by atoms with Crippen molar-refractivity contribution in [3.8, 4) is 0 Å². The van der Waals surface area contributed by atoms with E-state index in [-0.39, 0.29) is 11.7 Å². The van der Waals surface area contributed by atoms with Crippen molar-refractivity contribution in [3.63, 3.8) is 0 Å². The van der Waals surface area contributed by atoms with E-state index in [0.717, 1.165) is 3.79 Å². The first-order valence-electron chi connectivity index (χ1n) is 3.14. The molecule has 0 aliphatic carbocycles. The number of halogens is 3. The first-order valence-corrected chi connectivity index (χ1v) is 5.72. The van der Waals surface area contributed by atoms with E-state index in [1.54, 1.807) is 6.07 Å². The van der Waals surface area contributed by atoms with Crippen molar-refractivity contribution in [2.75, 3.05) is 5.88 Å². The first-order chi connectivity index (χ1) is 5.65. The largest absolute Gasteiger partial charge is 0.292 e. The van der Waals surface area contributed by atoms with Crippen molar-refractivity contribution in [1.29, 1.82) is 0 Å². The molecule has 1 aromatic heterocycles. The molecule has 1 heterocycles. The second kappa shape index (κ2) is 4.61. The van der Waals surface area contributed by atoms with E-state index in [1.165, 1.54) is 11.3 Å². The molecular formula is C7H5BrCl2OS. The van der Waals surface area contributed by atoms with Crippen LogP contribution in [0.1, 0.15) is 9.67 Å². The van der Waals surface area contributed by atoms with Gasteiger partial charge in [-0.15, -0.1) is 34.5 Å². The Kier molecular flexibility index (Phi) is 4.03. The van der Waals surface area contributed by atoms with Crippen molar-refractivity contribution in [2.45, 2.75) is 5.38 Å². The third-order valence-electron chi connectivity index (χ3n) is 1.24. The molecular weight excluding hydrogens is 283 g/mol. The van der Waals surface area contributed by atoms with Crippen LogP contribution in [0, 0.1) is 0 Å². The van der Waals surface area contributed by atoms with Crippen LogP contribution in [0.2, 0.25) is 0 Å². The number of Topliss-reactive ketones (excluding diaryl/α,β-unsaturated/α-hetero) is 1. The van der Waals surface area contributed by atoms with Gasteiger partial charge in [-0.3, -0.25) is 4.79 Å². The lowest BCUT2D eigenvalue weighted by atomic mass is 10.2. The average molecular weight is 288 g/mol. The molecule has 1 unspecified atom stereocenters. The highest BCUT2D eigenvalue weighted by atomic mass is 79.9. The summed E-state index contributed by atoms with van der Waals surface area (Å²) >= 11 is 15.7. The predicted octanol–water partition coefficient (Wildman–Crippen LogP) is 3.54. The van der Waals surface area contributed by atoms with Crippen LogP contribution in [0.3, 0.4) is 0 Å². The van der Waals surface area contributed by atoms with Crippen LogP contribution in [0.5, 0.6) is 0 Å². The van der Waals surface area contributed by atoms with Gasteiger partial charge in [-0.2, -0.15) is 0 Å². The van der Waals surface area contributed by atoms with E-state index in [4.69, 9.17) is 23.2 Å². The van der Waals surface area contributed by atoms with Gasteiger partial charge in [0.1, 0.15) is 5.38 Å². The molecule has 0 N–H and O–H groups in total. The SMILES string of the molecule is O=C(c1ccc(Br)s1)C(Cl)CCl. The molecule has 12 heavy (non-hydrogen) atoms. The molecule has 0 amide bonds. The van der Waals surface area contributed by atoms with E-state index in [1.807, 2.05) is 6.07 Å². The Morgan fingerprint density at radius 3 is 2.75 bits per heavy atom. The van der Waals surface area contributed by atoms with Crippen molar-refractivity contribution in [2.24, 2.45) is 0 Å². The van der Waals surface area contributed by atoms with Gasteiger partial charge < -0.3 is 0 Å². The van der Waals surface area contributed by atoms with Gasteiger partial charge >= 0.3 is 0 Å². The summed E-state index contributed by atoms with van der Waals surface area (Å²) in [6.07, 6.45) is 0. The topological polar surface area (TPSA) is 17.1 Å². The first kappa shape index (κ1) is 10.5. The highest BCUT2D eigenvalue weighted by Crippen LogP contribution is 2.24. The van der Waals surface area contributed by atoms with Gasteiger partial charge in [0.2, 0.25) is 0 Å². The molecule has 0 spiro atoms. The van der Waals surface area contributed by atoms with Crippen LogP contribution in [-0.4, -0.2) is 17.0 Å². The maximum absolute atomic E-state index is 11.4. The van der Waals surface area contributed by atoms with Crippen molar-refractivity contribution >= 4 is 56.3 Å². The van der Waals surface area contributed by atoms with E-state index in [9.17, 15) is 4.79 Å². The number of hydrogen-bond donors (Lipinski definition) is 0. The van der Waals surface area contributed by atoms with Crippen LogP contribution in [0.15, 0.2) is 15.9 Å². The summed E-state index contributed by atoms with van der Waals surface area (Å²) in [5, 5.41) is -0.614. The van der Waals surface area contributed by atoms with Crippen LogP contribution in [0.25, 0.3) is 0 Å². The minimum atomic E-state index is -0.614. The van der Waals surface area contributed by atoms with Crippen molar-refractivity contribution < 1.29 is 4.79 Å². The Morgan fingerprint density at radius 1 is 1.67 bits per heavy atom. The molecule has 0 saturated carbocycles. The van der Waals surface area contributed by atoms with Gasteiger partial charge in [0.25, 0.3) is 0 Å². The standard InChI is InChI=1S/C7H5BrCl2OS/c8-6-2-1-5(12-6)7(11)4(10)3-9/h1-2,4H,3H2. The number of hydrogen-bond acceptors (Lipinski definition) is 2. The zero-order chi connectivity index (χ0) is 9.14. The van der Waals surface area contributed by atoms with E-state index in [2.05, 4.69) is 15.9 Å². The lowest BCUT2D eigenvalue weighted by Crippen LogP contribution is -2.14. The summed E-state index contributed by atoms with van der Waals surface area (Å²) in [6, 6.07) is 3.55. The number of rotatable bonds is 3. The lowest BCUT2D eigenvalue weighted by molar-refractivity contribution is 0.0996. The van der Waals surface area contributed by atoms with Gasteiger partial charge in [-0.25, -0.2) is 0 Å². The Labute approximate surface area is 92.8 Å². The quantitative estimate of drug-likeness (QED) is 0.614. The van der Waals surface area contributed by atoms with Gasteiger partial charge in [0.05, 0.1) is 8.66 Å². The zero-order valence-electron chi connectivity index (χ0n) is 5.89. The summed E-state index contributed by atoms with van der Waals surface area (Å²) in [5.74, 6) is 0.0398. The number of thiophene rings is 1. The molecule has 0 fully saturated rings. The fourth-order valence-corrected chi connectivity index (χ4v) is 2.37. The molecule has 5 heteroatoms. The summed E-state index contributed by atoms with van der Waals surface area (Å²) in [5.41, 5.74) is 0. The Morgan fingerprint density at radius 2 is 2.33 bits per heavy atom. The van der Waals surface area contributed by atoms with Gasteiger partial charge in [-0.05, 0) is 28.1 Å². The fraction of sp³-hybridized carbons (Fsp3) is 0.286. The molecule has 66 valence electrons. The monoisotopic (exact) mass is 286 g/mol. The highest BCUT2D eigenvalue weighted by Gasteiger charge is 2.17. The maximum Gasteiger partial charge on any atom is 0.191 e. The molecule has 1 aromatic rings. The highest BCUT2D eigenvalue weighted by molar-refractivity contribution is 9.11. The fourth-order valence-electron chi connectivity index (χ4n) is 0.671. The van der Waals surface area contributed by atoms with E-state index < -0.39 is 5.38 Å². The Hall–Kier alpha value is 0.430. The molecule has 1 atom stereocenters. The normalized spacial score (nSPS) is 12.9. The molecule has 0 aliphatic heterocycles. The van der Waals surface area contributed by atoms with Crippen molar-refractivity contribution in [3.05, 3.63) is 20.8 Å². The third-order valence-corrected chi connectivity index (χ3v) is 3.69. The number of carbonyl (C=O) groups is 1. The van der Waals surface area contributed by atoms with E-state index in [0.29, 0.717) is 4.88 Å². The second-order valence-corrected chi connectivity index (χ2v) is 5.39. The molecule has 1 rings (SSSR count). The number of alkyl halides is 2. The predicted molar refractivity (Wildman–Crippen MR) is 56.7 cm³/mol. The Balaban J connectivity index is 2.78. The zero-order valence-corrected chi connectivity index (χ0v) is 9.80. The smallest absolute Gasteiger partial charge is 0.191 e. The maximum atomic E-state index is 11.4. The molecule has 0 saturated heterocycles.